The predicted molar refractivity (Wildman–Crippen MR) is 154 cm³/mol. The first kappa shape index (κ1) is 28.0. The van der Waals surface area contributed by atoms with Crippen molar-refractivity contribution in [1.29, 1.82) is 5.26 Å². The van der Waals surface area contributed by atoms with Crippen LogP contribution in [0.1, 0.15) is 56.9 Å². The minimum Gasteiger partial charge on any atom is -0.543 e. The Hall–Kier alpha value is -3.62. The van der Waals surface area contributed by atoms with Crippen molar-refractivity contribution < 1.29 is 14.0 Å². The second kappa shape index (κ2) is 12.6. The number of carbonyl (C=O) groups excluding carboxylic acids is 1. The third-order valence-electron chi connectivity index (χ3n) is 7.01. The molecule has 0 amide bonds. The first-order valence-electron chi connectivity index (χ1n) is 12.9. The molecule has 0 fully saturated rings. The summed E-state index contributed by atoms with van der Waals surface area (Å²) >= 11 is 0. The van der Waals surface area contributed by atoms with E-state index in [1.165, 1.54) is 17.2 Å². The normalized spacial score (nSPS) is 11.6. The molecule has 0 aromatic heterocycles. The van der Waals surface area contributed by atoms with E-state index in [2.05, 4.69) is 58.9 Å². The van der Waals surface area contributed by atoms with Crippen molar-refractivity contribution in [3.8, 4) is 22.9 Å². The van der Waals surface area contributed by atoms with Crippen LogP contribution in [0.4, 0.5) is 0 Å². The monoisotopic (exact) mass is 511 g/mol. The van der Waals surface area contributed by atoms with Gasteiger partial charge < -0.3 is 9.16 Å². The number of nitriles is 1. The first-order chi connectivity index (χ1) is 17.7. The van der Waals surface area contributed by atoms with Crippen LogP contribution < -0.4 is 4.43 Å². The molecule has 0 heterocycles. The number of benzene rings is 3. The van der Waals surface area contributed by atoms with E-state index < -0.39 is 8.32 Å². The minimum atomic E-state index is -2.29. The molecule has 0 unspecified atom stereocenters. The molecule has 3 aromatic carbocycles. The molecule has 0 saturated heterocycles. The molecule has 4 nitrogen and oxygen atoms in total. The standard InChI is InChI=1S/C32H37NO3Si/c1-7-35-32(34)19-13-26-12-14-29(25(6)20-26)22-37(23(2)3,24(4)5)36-30-17-15-27(16-18-30)31-11-9-8-10-28(31)21-33/h8-20,23-24H,7,22H2,1-6H3/b19-13+. The summed E-state index contributed by atoms with van der Waals surface area (Å²) < 4.78 is 12.0. The van der Waals surface area contributed by atoms with Gasteiger partial charge in [-0.15, -0.1) is 0 Å². The summed E-state index contributed by atoms with van der Waals surface area (Å²) in [5.41, 5.74) is 6.85. The fourth-order valence-corrected chi connectivity index (χ4v) is 9.03. The number of carbonyl (C=O) groups is 1. The van der Waals surface area contributed by atoms with Gasteiger partial charge in [0.05, 0.1) is 18.2 Å². The maximum Gasteiger partial charge on any atom is 0.330 e. The molecule has 5 heteroatoms. The number of aryl methyl sites for hydroxylation is 1. The van der Waals surface area contributed by atoms with Crippen LogP contribution in [-0.2, 0) is 15.6 Å². The van der Waals surface area contributed by atoms with Gasteiger partial charge in [-0.2, -0.15) is 5.26 Å². The van der Waals surface area contributed by atoms with Gasteiger partial charge >= 0.3 is 5.97 Å². The van der Waals surface area contributed by atoms with Crippen LogP contribution in [0.25, 0.3) is 17.2 Å². The first-order valence-corrected chi connectivity index (χ1v) is 15.2. The third kappa shape index (κ3) is 6.78. The maximum absolute atomic E-state index is 11.7. The van der Waals surface area contributed by atoms with Crippen LogP contribution in [-0.4, -0.2) is 20.9 Å². The van der Waals surface area contributed by atoms with Crippen molar-refractivity contribution in [3.05, 3.63) is 95.1 Å². The zero-order chi connectivity index (χ0) is 27.0. The van der Waals surface area contributed by atoms with Crippen molar-refractivity contribution in [2.24, 2.45) is 0 Å². The smallest absolute Gasteiger partial charge is 0.330 e. The molecule has 0 aliphatic carbocycles. The quantitative estimate of drug-likeness (QED) is 0.157. The van der Waals surface area contributed by atoms with Crippen LogP contribution in [0.5, 0.6) is 5.75 Å². The maximum atomic E-state index is 11.7. The van der Waals surface area contributed by atoms with Gasteiger partial charge in [0.1, 0.15) is 5.75 Å². The molecule has 0 atom stereocenters. The lowest BCUT2D eigenvalue weighted by atomic mass is 10.0. The van der Waals surface area contributed by atoms with Crippen LogP contribution >= 0.6 is 0 Å². The van der Waals surface area contributed by atoms with Crippen molar-refractivity contribution in [3.63, 3.8) is 0 Å². The van der Waals surface area contributed by atoms with E-state index in [4.69, 9.17) is 9.16 Å². The lowest BCUT2D eigenvalue weighted by molar-refractivity contribution is -0.137. The molecule has 37 heavy (non-hydrogen) atoms. The number of hydrogen-bond acceptors (Lipinski definition) is 4. The molecule has 192 valence electrons. The Bertz CT molecular complexity index is 1280. The van der Waals surface area contributed by atoms with E-state index in [9.17, 15) is 10.1 Å². The van der Waals surface area contributed by atoms with Gasteiger partial charge in [0, 0.05) is 12.1 Å². The molecule has 3 aromatic rings. The van der Waals surface area contributed by atoms with Crippen molar-refractivity contribution in [2.45, 2.75) is 58.7 Å². The number of rotatable bonds is 10. The van der Waals surface area contributed by atoms with Crippen LogP contribution in [0.15, 0.2) is 72.8 Å². The highest BCUT2D eigenvalue weighted by atomic mass is 28.4. The van der Waals surface area contributed by atoms with Crippen molar-refractivity contribution in [2.75, 3.05) is 6.61 Å². The van der Waals surface area contributed by atoms with Crippen LogP contribution in [0.3, 0.4) is 0 Å². The Labute approximate surface area is 222 Å². The average Bonchev–Trinajstić information content (AvgIpc) is 2.88. The Morgan fingerprint density at radius 2 is 1.68 bits per heavy atom. The molecule has 0 aliphatic rings. The van der Waals surface area contributed by atoms with Gasteiger partial charge in [-0.05, 0) is 77.0 Å². The Balaban J connectivity index is 1.87. The van der Waals surface area contributed by atoms with Crippen LogP contribution in [0.2, 0.25) is 11.1 Å². The Kier molecular flexibility index (Phi) is 9.49. The lowest BCUT2D eigenvalue weighted by Gasteiger charge is -2.39. The van der Waals surface area contributed by atoms with E-state index in [-0.39, 0.29) is 5.97 Å². The van der Waals surface area contributed by atoms with E-state index in [0.29, 0.717) is 23.3 Å². The molecular weight excluding hydrogens is 474 g/mol. The number of hydrogen-bond donors (Lipinski definition) is 0. The second-order valence-corrected chi connectivity index (χ2v) is 14.8. The number of ether oxygens (including phenoxy) is 1. The Morgan fingerprint density at radius 3 is 2.27 bits per heavy atom. The highest BCUT2D eigenvalue weighted by Gasteiger charge is 2.44. The van der Waals surface area contributed by atoms with Gasteiger partial charge in [-0.3, -0.25) is 0 Å². The molecule has 0 radical (unpaired) electrons. The summed E-state index contributed by atoms with van der Waals surface area (Å²) in [6, 6.07) is 25.3. The van der Waals surface area contributed by atoms with Gasteiger partial charge in [0.2, 0.25) is 0 Å². The third-order valence-corrected chi connectivity index (χ3v) is 12.5. The predicted octanol–water partition coefficient (Wildman–Crippen LogP) is 8.04. The SMILES string of the molecule is CCOC(=O)/C=C/c1ccc(C[Si](Oc2ccc(-c3ccccc3C#N)cc2)(C(C)C)C(C)C)c(C)c1. The van der Waals surface area contributed by atoms with Crippen LogP contribution in [0, 0.1) is 18.3 Å². The van der Waals surface area contributed by atoms with Gasteiger partial charge in [0.25, 0.3) is 8.32 Å². The fraction of sp³-hybridized carbons (Fsp3) is 0.312. The van der Waals surface area contributed by atoms with Crippen molar-refractivity contribution >= 4 is 20.4 Å². The summed E-state index contributed by atoms with van der Waals surface area (Å²) in [7, 11) is -2.29. The van der Waals surface area contributed by atoms with E-state index in [0.717, 1.165) is 28.5 Å². The summed E-state index contributed by atoms with van der Waals surface area (Å²) in [6.45, 7) is 13.4. The second-order valence-electron chi connectivity index (χ2n) is 10.00. The van der Waals surface area contributed by atoms with E-state index in [1.807, 2.05) is 48.5 Å². The van der Waals surface area contributed by atoms with Crippen molar-refractivity contribution in [1.82, 2.24) is 0 Å². The summed E-state index contributed by atoms with van der Waals surface area (Å²) in [5, 5.41) is 9.47. The summed E-state index contributed by atoms with van der Waals surface area (Å²) in [5.74, 6) is 0.546. The molecular formula is C32H37NO3Si. The van der Waals surface area contributed by atoms with E-state index in [1.54, 1.807) is 13.0 Å². The number of esters is 1. The zero-order valence-corrected chi connectivity index (χ0v) is 23.7. The highest BCUT2D eigenvalue weighted by Crippen LogP contribution is 2.38. The molecule has 0 N–H and O–H groups in total. The van der Waals surface area contributed by atoms with Gasteiger partial charge in [-0.1, -0.05) is 76.2 Å². The lowest BCUT2D eigenvalue weighted by Crippen LogP contribution is -2.50. The highest BCUT2D eigenvalue weighted by molar-refractivity contribution is 6.76. The fourth-order valence-electron chi connectivity index (χ4n) is 4.77. The van der Waals surface area contributed by atoms with Gasteiger partial charge in [0.15, 0.2) is 0 Å². The molecule has 0 saturated carbocycles. The average molecular weight is 512 g/mol. The molecule has 0 spiro atoms. The zero-order valence-electron chi connectivity index (χ0n) is 22.7. The summed E-state index contributed by atoms with van der Waals surface area (Å²) in [6.07, 6.45) is 3.27. The molecule has 3 rings (SSSR count). The topological polar surface area (TPSA) is 59.3 Å². The van der Waals surface area contributed by atoms with Gasteiger partial charge in [-0.25, -0.2) is 4.79 Å². The minimum absolute atomic E-state index is 0.328. The molecule has 0 bridgehead atoms. The van der Waals surface area contributed by atoms with E-state index >= 15 is 0 Å². The molecule has 0 aliphatic heterocycles. The summed E-state index contributed by atoms with van der Waals surface area (Å²) in [4.78, 5) is 11.7. The Morgan fingerprint density at radius 1 is 1.00 bits per heavy atom. The number of nitrogens with zero attached hydrogens (tertiary/aromatic N) is 1. The largest absolute Gasteiger partial charge is 0.543 e.